The number of rotatable bonds is 4. The Labute approximate surface area is 132 Å². The second-order valence-electron chi connectivity index (χ2n) is 5.25. The summed E-state index contributed by atoms with van der Waals surface area (Å²) in [6.07, 6.45) is 0. The van der Waals surface area contributed by atoms with Gasteiger partial charge in [-0.1, -0.05) is 48.0 Å². The molecule has 114 valence electrons. The van der Waals surface area contributed by atoms with Crippen LogP contribution in [0.4, 0.5) is 0 Å². The number of hydrogen-bond acceptors (Lipinski definition) is 3. The molecule has 0 amide bonds. The molecular formula is C17H17NO3S. The molecule has 0 aromatic heterocycles. The van der Waals surface area contributed by atoms with Crippen LogP contribution in [0.2, 0.25) is 0 Å². The lowest BCUT2D eigenvalue weighted by Gasteiger charge is -2.05. The number of methoxy groups -OCH3 is 1. The van der Waals surface area contributed by atoms with Crippen molar-refractivity contribution in [1.82, 2.24) is 4.31 Å². The third-order valence-electron chi connectivity index (χ3n) is 3.76. The van der Waals surface area contributed by atoms with Gasteiger partial charge in [-0.05, 0) is 24.6 Å². The van der Waals surface area contributed by atoms with Crippen LogP contribution in [0.15, 0.2) is 59.5 Å². The van der Waals surface area contributed by atoms with E-state index in [1.165, 1.54) is 7.11 Å². The zero-order valence-corrected chi connectivity index (χ0v) is 13.2. The Balaban J connectivity index is 1.89. The van der Waals surface area contributed by atoms with Gasteiger partial charge in [0.2, 0.25) is 0 Å². The Morgan fingerprint density at radius 3 is 2.32 bits per heavy atom. The lowest BCUT2D eigenvalue weighted by Crippen LogP contribution is -2.16. The summed E-state index contributed by atoms with van der Waals surface area (Å²) in [5.74, 6) is -0.352. The zero-order valence-electron chi connectivity index (χ0n) is 12.4. The van der Waals surface area contributed by atoms with Gasteiger partial charge in [-0.15, -0.1) is 0 Å². The number of esters is 1. The first-order valence-corrected chi connectivity index (χ1v) is 8.14. The fraction of sp³-hybridized carbons (Fsp3) is 0.235. The summed E-state index contributed by atoms with van der Waals surface area (Å²) in [6.45, 7) is 1.98. The molecule has 4 atom stereocenters. The van der Waals surface area contributed by atoms with E-state index in [1.54, 1.807) is 4.31 Å². The van der Waals surface area contributed by atoms with Crippen molar-refractivity contribution < 1.29 is 13.7 Å². The number of carbonyl (C=O) groups excluding carboxylic acids is 1. The topological polar surface area (TPSA) is 46.4 Å². The highest BCUT2D eigenvalue weighted by Gasteiger charge is 2.57. The van der Waals surface area contributed by atoms with Crippen molar-refractivity contribution in [2.75, 3.05) is 7.11 Å². The normalized spacial score (nSPS) is 24.5. The summed E-state index contributed by atoms with van der Waals surface area (Å²) in [7, 11) is -0.0258. The summed E-state index contributed by atoms with van der Waals surface area (Å²) < 4.78 is 19.3. The molecule has 2 aromatic carbocycles. The van der Waals surface area contributed by atoms with Crippen LogP contribution in [-0.2, 0) is 20.5 Å². The monoisotopic (exact) mass is 315 g/mol. The van der Waals surface area contributed by atoms with E-state index in [0.717, 1.165) is 11.1 Å². The van der Waals surface area contributed by atoms with Crippen LogP contribution in [0.3, 0.4) is 0 Å². The number of aryl methyl sites for hydroxylation is 1. The van der Waals surface area contributed by atoms with E-state index in [0.29, 0.717) is 4.90 Å². The maximum Gasteiger partial charge on any atom is 0.326 e. The van der Waals surface area contributed by atoms with Crippen molar-refractivity contribution >= 4 is 17.0 Å². The van der Waals surface area contributed by atoms with Crippen molar-refractivity contribution in [3.8, 4) is 0 Å². The molecule has 1 saturated heterocycles. The fourth-order valence-corrected chi connectivity index (χ4v) is 3.94. The number of nitrogens with zero attached hydrogens (tertiary/aromatic N) is 1. The summed E-state index contributed by atoms with van der Waals surface area (Å²) in [5, 5.41) is 0. The fourth-order valence-electron chi connectivity index (χ4n) is 2.53. The lowest BCUT2D eigenvalue weighted by molar-refractivity contribution is -0.140. The molecule has 2 aromatic rings. The van der Waals surface area contributed by atoms with E-state index >= 15 is 0 Å². The van der Waals surface area contributed by atoms with E-state index in [-0.39, 0.29) is 12.0 Å². The molecular weight excluding hydrogens is 298 g/mol. The smallest absolute Gasteiger partial charge is 0.326 e. The van der Waals surface area contributed by atoms with Crippen LogP contribution in [0.5, 0.6) is 0 Å². The van der Waals surface area contributed by atoms with E-state index in [1.807, 2.05) is 61.5 Å². The van der Waals surface area contributed by atoms with Gasteiger partial charge < -0.3 is 4.74 Å². The number of benzene rings is 2. The van der Waals surface area contributed by atoms with E-state index in [2.05, 4.69) is 0 Å². The van der Waals surface area contributed by atoms with E-state index in [9.17, 15) is 9.00 Å². The molecule has 0 spiro atoms. The molecule has 0 aliphatic carbocycles. The SMILES string of the molecule is COC(=O)[C@@H]1[C@H](c2ccccc2)N1[S@](=O)c1ccc(C)cc1. The molecule has 5 heteroatoms. The van der Waals surface area contributed by atoms with Gasteiger partial charge in [0, 0.05) is 0 Å². The van der Waals surface area contributed by atoms with Gasteiger partial charge in [-0.3, -0.25) is 4.79 Å². The van der Waals surface area contributed by atoms with Crippen molar-refractivity contribution in [3.63, 3.8) is 0 Å². The predicted octanol–water partition coefficient (Wildman–Crippen LogP) is 2.62. The molecule has 0 saturated carbocycles. The zero-order chi connectivity index (χ0) is 15.7. The summed E-state index contributed by atoms with van der Waals surface area (Å²) in [5.41, 5.74) is 2.08. The minimum Gasteiger partial charge on any atom is -0.468 e. The van der Waals surface area contributed by atoms with Crippen molar-refractivity contribution in [2.45, 2.75) is 23.9 Å². The quantitative estimate of drug-likeness (QED) is 0.643. The molecule has 3 rings (SSSR count). The highest BCUT2D eigenvalue weighted by Crippen LogP contribution is 2.46. The Kier molecular flexibility index (Phi) is 4.09. The Bertz CT molecular complexity index is 700. The molecule has 1 aliphatic heterocycles. The average molecular weight is 315 g/mol. The van der Waals surface area contributed by atoms with Crippen LogP contribution >= 0.6 is 0 Å². The maximum absolute atomic E-state index is 12.8. The van der Waals surface area contributed by atoms with Crippen LogP contribution < -0.4 is 0 Å². The molecule has 0 bridgehead atoms. The first kappa shape index (κ1) is 14.9. The minimum atomic E-state index is -1.38. The van der Waals surface area contributed by atoms with Gasteiger partial charge in [-0.25, -0.2) is 4.21 Å². The number of hydrogen-bond donors (Lipinski definition) is 0. The van der Waals surface area contributed by atoms with E-state index in [4.69, 9.17) is 4.74 Å². The van der Waals surface area contributed by atoms with Crippen LogP contribution in [-0.4, -0.2) is 27.6 Å². The second kappa shape index (κ2) is 6.02. The average Bonchev–Trinajstić information content (AvgIpc) is 3.30. The molecule has 22 heavy (non-hydrogen) atoms. The van der Waals surface area contributed by atoms with Gasteiger partial charge in [0.15, 0.2) is 0 Å². The molecule has 1 unspecified atom stereocenters. The van der Waals surface area contributed by atoms with Gasteiger partial charge in [0.25, 0.3) is 0 Å². The van der Waals surface area contributed by atoms with Crippen LogP contribution in [0, 0.1) is 6.92 Å². The molecule has 1 aliphatic rings. The van der Waals surface area contributed by atoms with Gasteiger partial charge in [-0.2, -0.15) is 4.31 Å². The third kappa shape index (κ3) is 2.69. The molecule has 1 fully saturated rings. The highest BCUT2D eigenvalue weighted by atomic mass is 32.2. The molecule has 4 nitrogen and oxygen atoms in total. The lowest BCUT2D eigenvalue weighted by atomic mass is 10.1. The molecule has 0 radical (unpaired) electrons. The van der Waals surface area contributed by atoms with Crippen molar-refractivity contribution in [1.29, 1.82) is 0 Å². The van der Waals surface area contributed by atoms with Crippen molar-refractivity contribution in [3.05, 3.63) is 65.7 Å². The van der Waals surface area contributed by atoms with Gasteiger partial charge in [0.05, 0.1) is 18.0 Å². The van der Waals surface area contributed by atoms with Crippen LogP contribution in [0.25, 0.3) is 0 Å². The molecule has 0 N–H and O–H groups in total. The Morgan fingerprint density at radius 1 is 1.09 bits per heavy atom. The summed E-state index contributed by atoms with van der Waals surface area (Å²) in [4.78, 5) is 12.7. The second-order valence-corrected chi connectivity index (χ2v) is 6.64. The number of carbonyl (C=O) groups is 1. The maximum atomic E-state index is 12.8. The molecule has 1 heterocycles. The van der Waals surface area contributed by atoms with Crippen LogP contribution in [0.1, 0.15) is 17.2 Å². The minimum absolute atomic E-state index is 0.198. The highest BCUT2D eigenvalue weighted by molar-refractivity contribution is 7.83. The van der Waals surface area contributed by atoms with Gasteiger partial charge in [0.1, 0.15) is 17.0 Å². The van der Waals surface area contributed by atoms with Gasteiger partial charge >= 0.3 is 5.97 Å². The third-order valence-corrected chi connectivity index (χ3v) is 5.27. The summed E-state index contributed by atoms with van der Waals surface area (Å²) in [6, 6.07) is 16.4. The first-order chi connectivity index (χ1) is 10.6. The summed E-state index contributed by atoms with van der Waals surface area (Å²) >= 11 is 0. The largest absolute Gasteiger partial charge is 0.468 e. The standard InChI is InChI=1S/C17H17NO3S/c1-12-8-10-14(11-9-12)22(20)18-15(16(18)17(19)21-2)13-6-4-3-5-7-13/h3-11,15-16H,1-2H3/t15-,16-,18?,22+/m0/s1. The Morgan fingerprint density at radius 2 is 1.73 bits per heavy atom. The number of ether oxygens (including phenoxy) is 1. The van der Waals surface area contributed by atoms with Crippen molar-refractivity contribution in [2.24, 2.45) is 0 Å². The first-order valence-electron chi connectivity index (χ1n) is 7.03. The van der Waals surface area contributed by atoms with E-state index < -0.39 is 17.0 Å². The predicted molar refractivity (Wildman–Crippen MR) is 84.4 cm³/mol. The Hall–Kier alpha value is -1.98.